The molecule has 1 aliphatic heterocycles. The Morgan fingerprint density at radius 2 is 2.13 bits per heavy atom. The number of nitrogen functional groups attached to an aromatic ring is 1. The van der Waals surface area contributed by atoms with E-state index in [0.29, 0.717) is 24.4 Å². The molecule has 9 heteroatoms. The van der Waals surface area contributed by atoms with Crippen molar-refractivity contribution in [2.24, 2.45) is 0 Å². The van der Waals surface area contributed by atoms with E-state index in [2.05, 4.69) is 37.4 Å². The topological polar surface area (TPSA) is 107 Å². The third kappa shape index (κ3) is 3.43. The lowest BCUT2D eigenvalue weighted by molar-refractivity contribution is -0.143. The second kappa shape index (κ2) is 7.90. The van der Waals surface area contributed by atoms with Gasteiger partial charge in [-0.1, -0.05) is 18.2 Å². The summed E-state index contributed by atoms with van der Waals surface area (Å²) in [6, 6.07) is 9.79. The van der Waals surface area contributed by atoms with Crippen molar-refractivity contribution in [2.75, 3.05) is 19.4 Å². The maximum atomic E-state index is 11.8. The Kier molecular flexibility index (Phi) is 5.07. The molecule has 4 aromatic rings. The van der Waals surface area contributed by atoms with Gasteiger partial charge in [0.1, 0.15) is 11.9 Å². The number of methoxy groups -OCH3 is 1. The molecule has 31 heavy (non-hydrogen) atoms. The van der Waals surface area contributed by atoms with Crippen LogP contribution in [0.2, 0.25) is 0 Å². The summed E-state index contributed by atoms with van der Waals surface area (Å²) in [6.07, 6.45) is 5.08. The molecule has 158 valence electrons. The van der Waals surface area contributed by atoms with Crippen molar-refractivity contribution in [2.45, 2.75) is 24.8 Å². The molecule has 0 bridgehead atoms. The molecule has 0 aliphatic carbocycles. The SMILES string of the molecule is COC(=O)[C@@H]1CCC(c2nc3c(-c4cnc5ccccc5c4)cnn3c(N)c2Br)CN1. The number of benzene rings is 1. The fourth-order valence-corrected chi connectivity index (χ4v) is 4.72. The summed E-state index contributed by atoms with van der Waals surface area (Å²) in [6.45, 7) is 0.613. The fraction of sp³-hybridized carbons (Fsp3) is 0.273. The number of ether oxygens (including phenoxy) is 1. The molecule has 3 aromatic heterocycles. The van der Waals surface area contributed by atoms with Crippen LogP contribution in [0.3, 0.4) is 0 Å². The summed E-state index contributed by atoms with van der Waals surface area (Å²) < 4.78 is 7.23. The predicted octanol–water partition coefficient (Wildman–Crippen LogP) is 3.30. The Labute approximate surface area is 186 Å². The van der Waals surface area contributed by atoms with Gasteiger partial charge in [-0.25, -0.2) is 4.98 Å². The molecule has 1 unspecified atom stereocenters. The third-order valence-electron chi connectivity index (χ3n) is 5.84. The average Bonchev–Trinajstić information content (AvgIpc) is 3.25. The van der Waals surface area contributed by atoms with Crippen molar-refractivity contribution in [3.63, 3.8) is 0 Å². The van der Waals surface area contributed by atoms with E-state index in [4.69, 9.17) is 15.5 Å². The molecule has 0 spiro atoms. The number of nitrogens with one attached hydrogen (secondary N) is 1. The minimum Gasteiger partial charge on any atom is -0.468 e. The van der Waals surface area contributed by atoms with Gasteiger partial charge in [-0.05, 0) is 40.9 Å². The number of anilines is 1. The van der Waals surface area contributed by atoms with Crippen molar-refractivity contribution in [3.8, 4) is 11.1 Å². The van der Waals surface area contributed by atoms with Crippen LogP contribution in [0.1, 0.15) is 24.5 Å². The van der Waals surface area contributed by atoms with Gasteiger partial charge in [0.15, 0.2) is 5.65 Å². The summed E-state index contributed by atoms with van der Waals surface area (Å²) in [5.41, 5.74) is 10.7. The summed E-state index contributed by atoms with van der Waals surface area (Å²) in [4.78, 5) is 21.3. The lowest BCUT2D eigenvalue weighted by Gasteiger charge is -2.28. The highest BCUT2D eigenvalue weighted by Crippen LogP contribution is 2.36. The van der Waals surface area contributed by atoms with E-state index in [1.54, 1.807) is 10.7 Å². The van der Waals surface area contributed by atoms with Crippen LogP contribution in [0.25, 0.3) is 27.7 Å². The Bertz CT molecular complexity index is 1300. The molecular formula is C22H21BrN6O2. The first-order chi connectivity index (χ1) is 15.1. The van der Waals surface area contributed by atoms with E-state index in [1.165, 1.54) is 7.11 Å². The lowest BCUT2D eigenvalue weighted by atomic mass is 9.91. The number of rotatable bonds is 3. The maximum Gasteiger partial charge on any atom is 0.322 e. The third-order valence-corrected chi connectivity index (χ3v) is 6.65. The molecule has 5 rings (SSSR count). The van der Waals surface area contributed by atoms with Gasteiger partial charge in [0.2, 0.25) is 0 Å². The number of hydrogen-bond acceptors (Lipinski definition) is 7. The van der Waals surface area contributed by atoms with Crippen molar-refractivity contribution >= 4 is 44.3 Å². The van der Waals surface area contributed by atoms with E-state index in [-0.39, 0.29) is 17.9 Å². The Balaban J connectivity index is 1.55. The molecule has 0 amide bonds. The number of aromatic nitrogens is 4. The number of fused-ring (bicyclic) bond motifs is 2. The molecule has 4 heterocycles. The quantitative estimate of drug-likeness (QED) is 0.433. The summed E-state index contributed by atoms with van der Waals surface area (Å²) in [7, 11) is 1.41. The zero-order chi connectivity index (χ0) is 21.5. The van der Waals surface area contributed by atoms with Crippen LogP contribution < -0.4 is 11.1 Å². The van der Waals surface area contributed by atoms with E-state index in [1.807, 2.05) is 30.5 Å². The van der Waals surface area contributed by atoms with Gasteiger partial charge < -0.3 is 15.8 Å². The molecule has 8 nitrogen and oxygen atoms in total. The minimum absolute atomic E-state index is 0.111. The Morgan fingerprint density at radius 1 is 1.29 bits per heavy atom. The van der Waals surface area contributed by atoms with Gasteiger partial charge in [0, 0.05) is 35.2 Å². The highest BCUT2D eigenvalue weighted by molar-refractivity contribution is 9.10. The highest BCUT2D eigenvalue weighted by Gasteiger charge is 2.30. The first-order valence-electron chi connectivity index (χ1n) is 10.1. The van der Waals surface area contributed by atoms with Crippen LogP contribution >= 0.6 is 15.9 Å². The number of piperidine rings is 1. The molecule has 2 atom stereocenters. The molecule has 0 saturated carbocycles. The van der Waals surface area contributed by atoms with Crippen molar-refractivity contribution in [1.29, 1.82) is 0 Å². The zero-order valence-electron chi connectivity index (χ0n) is 16.9. The zero-order valence-corrected chi connectivity index (χ0v) is 18.5. The van der Waals surface area contributed by atoms with Gasteiger partial charge in [-0.2, -0.15) is 9.61 Å². The van der Waals surface area contributed by atoms with Crippen LogP contribution in [-0.2, 0) is 9.53 Å². The molecule has 0 radical (unpaired) electrons. The molecular weight excluding hydrogens is 460 g/mol. The van der Waals surface area contributed by atoms with Gasteiger partial charge in [0.05, 0.1) is 29.0 Å². The second-order valence-corrected chi connectivity index (χ2v) is 8.46. The monoisotopic (exact) mass is 480 g/mol. The van der Waals surface area contributed by atoms with Crippen LogP contribution in [-0.4, -0.2) is 45.2 Å². The first kappa shape index (κ1) is 19.9. The number of pyridine rings is 1. The standard InChI is InChI=1S/C22H21BrN6O2/c1-31-22(30)17-7-6-13(9-26-17)19-18(23)20(24)29-21(28-19)15(11-27-29)14-8-12-4-2-3-5-16(12)25-10-14/h2-5,8,10-11,13,17,26H,6-7,9,24H2,1H3/t13?,17-/m0/s1. The number of para-hydroxylation sites is 1. The number of halogens is 1. The normalized spacial score (nSPS) is 19.0. The van der Waals surface area contributed by atoms with Crippen molar-refractivity contribution in [3.05, 3.63) is 52.9 Å². The van der Waals surface area contributed by atoms with Crippen molar-refractivity contribution in [1.82, 2.24) is 24.9 Å². The number of nitrogens with two attached hydrogens (primary N) is 1. The number of carbonyl (C=O) groups is 1. The van der Waals surface area contributed by atoms with Gasteiger partial charge in [-0.3, -0.25) is 9.78 Å². The van der Waals surface area contributed by atoms with Crippen LogP contribution in [0.4, 0.5) is 5.82 Å². The molecule has 3 N–H and O–H groups in total. The lowest BCUT2D eigenvalue weighted by Crippen LogP contribution is -2.44. The van der Waals surface area contributed by atoms with E-state index >= 15 is 0 Å². The summed E-state index contributed by atoms with van der Waals surface area (Å²) in [5, 5.41) is 8.78. The van der Waals surface area contributed by atoms with Gasteiger partial charge >= 0.3 is 5.97 Å². The number of carbonyl (C=O) groups excluding carboxylic acids is 1. The highest BCUT2D eigenvalue weighted by atomic mass is 79.9. The number of esters is 1. The molecule has 1 saturated heterocycles. The van der Waals surface area contributed by atoms with Crippen molar-refractivity contribution < 1.29 is 9.53 Å². The number of nitrogens with zero attached hydrogens (tertiary/aromatic N) is 4. The summed E-state index contributed by atoms with van der Waals surface area (Å²) in [5.74, 6) is 0.373. The van der Waals surface area contributed by atoms with E-state index < -0.39 is 0 Å². The largest absolute Gasteiger partial charge is 0.468 e. The number of hydrogen-bond donors (Lipinski definition) is 2. The fourth-order valence-electron chi connectivity index (χ4n) is 4.14. The molecule has 1 aliphatic rings. The molecule has 1 fully saturated rings. The van der Waals surface area contributed by atoms with Crippen LogP contribution in [0.15, 0.2) is 47.2 Å². The minimum atomic E-state index is -0.282. The second-order valence-electron chi connectivity index (χ2n) is 7.66. The summed E-state index contributed by atoms with van der Waals surface area (Å²) >= 11 is 3.61. The maximum absolute atomic E-state index is 11.8. The Hall–Kier alpha value is -3.04. The average molecular weight is 481 g/mol. The van der Waals surface area contributed by atoms with Crippen LogP contribution in [0, 0.1) is 0 Å². The smallest absolute Gasteiger partial charge is 0.322 e. The van der Waals surface area contributed by atoms with Crippen LogP contribution in [0.5, 0.6) is 0 Å². The molecule has 1 aromatic carbocycles. The van der Waals surface area contributed by atoms with E-state index in [0.717, 1.165) is 38.6 Å². The van der Waals surface area contributed by atoms with Gasteiger partial charge in [0.25, 0.3) is 0 Å². The van der Waals surface area contributed by atoms with Gasteiger partial charge in [-0.15, -0.1) is 0 Å². The first-order valence-corrected chi connectivity index (χ1v) is 10.8. The predicted molar refractivity (Wildman–Crippen MR) is 122 cm³/mol. The Morgan fingerprint density at radius 3 is 2.90 bits per heavy atom. The van der Waals surface area contributed by atoms with E-state index in [9.17, 15) is 4.79 Å².